The molecule has 0 saturated carbocycles. The van der Waals surface area contributed by atoms with Crippen LogP contribution < -0.4 is 0 Å². The quantitative estimate of drug-likeness (QED) is 0.178. The van der Waals surface area contributed by atoms with Gasteiger partial charge in [-0.05, 0) is 110 Å². The normalized spacial score (nSPS) is 14.4. The average Bonchev–Trinajstić information content (AvgIpc) is 3.14. The molecule has 0 spiro atoms. The third kappa shape index (κ3) is 7.96. The topological polar surface area (TPSA) is 85.3 Å². The number of phosphoric ester groups is 1. The van der Waals surface area contributed by atoms with Gasteiger partial charge in [0, 0.05) is 16.0 Å². The second-order valence-electron chi connectivity index (χ2n) is 12.0. The fourth-order valence-electron chi connectivity index (χ4n) is 5.03. The van der Waals surface area contributed by atoms with E-state index in [0.29, 0.717) is 9.13 Å². The van der Waals surface area contributed by atoms with Crippen molar-refractivity contribution in [3.05, 3.63) is 92.8 Å². The van der Waals surface area contributed by atoms with Gasteiger partial charge in [0.25, 0.3) is 0 Å². The number of carbonyl (C=O) groups is 1. The summed E-state index contributed by atoms with van der Waals surface area (Å²) < 4.78 is 46.5. The number of carboxylic acid groups (broad SMARTS) is 1. The lowest BCUT2D eigenvalue weighted by molar-refractivity contribution is -0.00520. The summed E-state index contributed by atoms with van der Waals surface area (Å²) in [5.41, 5.74) is 2.72. The summed E-state index contributed by atoms with van der Waals surface area (Å²) >= 11 is 1.99. The monoisotopic (exact) mass is 695 g/mol. The summed E-state index contributed by atoms with van der Waals surface area (Å²) in [6, 6.07) is 19.2. The van der Waals surface area contributed by atoms with Crippen LogP contribution in [-0.4, -0.2) is 40.5 Å². The van der Waals surface area contributed by atoms with Crippen molar-refractivity contribution >= 4 is 36.5 Å². The second-order valence-corrected chi connectivity index (χ2v) is 14.8. The highest BCUT2D eigenvalue weighted by Gasteiger charge is 2.40. The first-order valence-electron chi connectivity index (χ1n) is 13.4. The van der Waals surface area contributed by atoms with E-state index in [0.717, 1.165) is 22.3 Å². The van der Waals surface area contributed by atoms with E-state index >= 15 is 0 Å². The van der Waals surface area contributed by atoms with E-state index < -0.39 is 37.0 Å². The molecule has 0 heterocycles. The molecule has 220 valence electrons. The van der Waals surface area contributed by atoms with Gasteiger partial charge in [-0.25, -0.2) is 13.8 Å². The smallest absolute Gasteiger partial charge is 0.465 e. The summed E-state index contributed by atoms with van der Waals surface area (Å²) in [6.45, 7) is 10.0. The van der Waals surface area contributed by atoms with Gasteiger partial charge in [-0.15, -0.1) is 0 Å². The van der Waals surface area contributed by atoms with Crippen LogP contribution in [-0.2, 0) is 18.1 Å². The minimum absolute atomic E-state index is 0.0645. The second kappa shape index (κ2) is 12.1. The zero-order valence-corrected chi connectivity index (χ0v) is 27.1. The molecule has 3 aromatic carbocycles. The van der Waals surface area contributed by atoms with Gasteiger partial charge in [0.2, 0.25) is 0 Å². The van der Waals surface area contributed by atoms with E-state index in [1.807, 2.05) is 71.1 Å². The SMILES string of the molecule is CC(C)(C)OP(=O)(OC[C@H](c1cc(F)cc(I)c1)N(CC1c2ccccc2-c2ccccc21)C(=O)O)OC(C)(C)C. The molecule has 3 aromatic rings. The molecule has 0 unspecified atom stereocenters. The largest absolute Gasteiger partial charge is 0.475 e. The molecule has 1 N–H and O–H groups in total. The van der Waals surface area contributed by atoms with E-state index in [4.69, 9.17) is 13.6 Å². The van der Waals surface area contributed by atoms with Gasteiger partial charge in [-0.3, -0.25) is 18.5 Å². The Bertz CT molecular complexity index is 1380. The lowest BCUT2D eigenvalue weighted by Crippen LogP contribution is -2.39. The summed E-state index contributed by atoms with van der Waals surface area (Å²) in [5.74, 6) is -0.782. The Morgan fingerprint density at radius 2 is 1.46 bits per heavy atom. The van der Waals surface area contributed by atoms with Crippen LogP contribution in [0.3, 0.4) is 0 Å². The van der Waals surface area contributed by atoms with Crippen LogP contribution in [0, 0.1) is 9.39 Å². The minimum Gasteiger partial charge on any atom is -0.465 e. The number of halogens is 2. The number of nitrogens with zero attached hydrogens (tertiary/aromatic N) is 1. The van der Waals surface area contributed by atoms with Gasteiger partial charge in [-0.1, -0.05) is 48.5 Å². The molecule has 1 amide bonds. The van der Waals surface area contributed by atoms with Gasteiger partial charge < -0.3 is 5.11 Å². The molecule has 1 atom stereocenters. The van der Waals surface area contributed by atoms with E-state index in [-0.39, 0.29) is 19.1 Å². The van der Waals surface area contributed by atoms with Crippen molar-refractivity contribution in [1.29, 1.82) is 0 Å². The standard InChI is InChI=1S/C31H36FINO6P/c1-30(2,3)39-41(37,40-31(4,5)6)38-19-28(20-15-21(32)17-22(33)16-20)34(29(35)36)18-27-25-13-9-7-11-23(25)24-12-8-10-14-26(24)27/h7-17,27-28H,18-19H2,1-6H3,(H,35,36)/t28-/m1/s1. The van der Waals surface area contributed by atoms with Crippen molar-refractivity contribution in [2.75, 3.05) is 13.2 Å². The van der Waals surface area contributed by atoms with Gasteiger partial charge >= 0.3 is 13.9 Å². The number of hydrogen-bond donors (Lipinski definition) is 1. The van der Waals surface area contributed by atoms with Gasteiger partial charge in [-0.2, -0.15) is 0 Å². The molecule has 10 heteroatoms. The van der Waals surface area contributed by atoms with E-state index in [9.17, 15) is 18.9 Å². The van der Waals surface area contributed by atoms with Crippen molar-refractivity contribution < 1.29 is 32.4 Å². The fraction of sp³-hybridized carbons (Fsp3) is 0.387. The Kier molecular flexibility index (Phi) is 9.36. The number of benzene rings is 3. The molecular formula is C31H36FINO6P. The molecule has 0 aliphatic heterocycles. The van der Waals surface area contributed by atoms with Gasteiger partial charge in [0.1, 0.15) is 5.82 Å². The molecule has 0 fully saturated rings. The van der Waals surface area contributed by atoms with Crippen LogP contribution in [0.15, 0.2) is 66.7 Å². The van der Waals surface area contributed by atoms with Crippen LogP contribution in [0.4, 0.5) is 9.18 Å². The fourth-order valence-corrected chi connectivity index (χ4v) is 7.49. The van der Waals surface area contributed by atoms with E-state index in [1.54, 1.807) is 47.6 Å². The zero-order valence-electron chi connectivity index (χ0n) is 24.1. The average molecular weight is 696 g/mol. The third-order valence-electron chi connectivity index (χ3n) is 6.40. The van der Waals surface area contributed by atoms with E-state index in [1.165, 1.54) is 17.0 Å². The minimum atomic E-state index is -4.19. The summed E-state index contributed by atoms with van der Waals surface area (Å²) in [4.78, 5) is 14.2. The van der Waals surface area contributed by atoms with Crippen LogP contribution in [0.1, 0.15) is 70.2 Å². The molecule has 1 aliphatic carbocycles. The number of hydrogen-bond acceptors (Lipinski definition) is 5. The van der Waals surface area contributed by atoms with Gasteiger partial charge in [0.05, 0.1) is 23.9 Å². The maximum absolute atomic E-state index is 14.7. The Balaban J connectivity index is 1.75. The highest BCUT2D eigenvalue weighted by Crippen LogP contribution is 2.56. The molecule has 0 saturated heterocycles. The van der Waals surface area contributed by atoms with Crippen molar-refractivity contribution in [3.63, 3.8) is 0 Å². The summed E-state index contributed by atoms with van der Waals surface area (Å²) in [6.07, 6.45) is -1.22. The third-order valence-corrected chi connectivity index (χ3v) is 9.03. The first-order chi connectivity index (χ1) is 19.1. The lowest BCUT2D eigenvalue weighted by atomic mass is 9.95. The van der Waals surface area contributed by atoms with Crippen molar-refractivity contribution in [2.24, 2.45) is 0 Å². The predicted octanol–water partition coefficient (Wildman–Crippen LogP) is 9.02. The highest BCUT2D eigenvalue weighted by atomic mass is 127. The molecular weight excluding hydrogens is 659 g/mol. The molecule has 0 bridgehead atoms. The van der Waals surface area contributed by atoms with Crippen LogP contribution >= 0.6 is 30.4 Å². The highest BCUT2D eigenvalue weighted by molar-refractivity contribution is 14.1. The lowest BCUT2D eigenvalue weighted by Gasteiger charge is -2.35. The Hall–Kier alpha value is -2.30. The molecule has 4 rings (SSSR count). The Morgan fingerprint density at radius 1 is 0.951 bits per heavy atom. The van der Waals surface area contributed by atoms with Crippen LogP contribution in [0.2, 0.25) is 0 Å². The predicted molar refractivity (Wildman–Crippen MR) is 166 cm³/mol. The van der Waals surface area contributed by atoms with Crippen LogP contribution in [0.5, 0.6) is 0 Å². The number of phosphoric acid groups is 1. The molecule has 0 aromatic heterocycles. The zero-order chi connectivity index (χ0) is 30.2. The number of fused-ring (bicyclic) bond motifs is 3. The first kappa shape index (κ1) is 31.6. The summed E-state index contributed by atoms with van der Waals surface area (Å²) in [5, 5.41) is 10.5. The van der Waals surface area contributed by atoms with Crippen molar-refractivity contribution in [3.8, 4) is 11.1 Å². The molecule has 41 heavy (non-hydrogen) atoms. The first-order valence-corrected chi connectivity index (χ1v) is 15.9. The van der Waals surface area contributed by atoms with Crippen LogP contribution in [0.25, 0.3) is 11.1 Å². The maximum Gasteiger partial charge on any atom is 0.475 e. The molecule has 0 radical (unpaired) electrons. The molecule has 7 nitrogen and oxygen atoms in total. The van der Waals surface area contributed by atoms with Crippen molar-refractivity contribution in [2.45, 2.75) is 64.7 Å². The maximum atomic E-state index is 14.7. The van der Waals surface area contributed by atoms with Crippen molar-refractivity contribution in [1.82, 2.24) is 4.90 Å². The number of rotatable bonds is 9. The number of amides is 1. The van der Waals surface area contributed by atoms with Gasteiger partial charge in [0.15, 0.2) is 0 Å². The molecule has 1 aliphatic rings. The Morgan fingerprint density at radius 3 is 1.93 bits per heavy atom. The Labute approximate surface area is 254 Å². The van der Waals surface area contributed by atoms with E-state index in [2.05, 4.69) is 0 Å². The summed E-state index contributed by atoms with van der Waals surface area (Å²) in [7, 11) is -4.19.